The molecule has 0 aromatic carbocycles. The molecule has 0 aliphatic heterocycles. The average molecular weight is 475 g/mol. The summed E-state index contributed by atoms with van der Waals surface area (Å²) in [4.78, 5) is 22.1. The van der Waals surface area contributed by atoms with E-state index in [-0.39, 0.29) is 12.8 Å². The number of rotatable bonds is 7. The van der Waals surface area contributed by atoms with Crippen LogP contribution >= 0.6 is 0 Å². The number of allylic oxidation sites excluding steroid dienone is 2. The average Bonchev–Trinajstić information content (AvgIpc) is 2.75. The fraction of sp³-hybridized carbons (Fsp3) is 0.480. The van der Waals surface area contributed by atoms with Crippen molar-refractivity contribution in [2.75, 3.05) is 11.9 Å². The van der Waals surface area contributed by atoms with E-state index in [1.54, 1.807) is 6.20 Å². The summed E-state index contributed by atoms with van der Waals surface area (Å²) in [5.74, 6) is 0.333. The molecule has 0 unspecified atom stereocenters. The van der Waals surface area contributed by atoms with Crippen LogP contribution in [0, 0.1) is 20.8 Å². The Hall–Kier alpha value is -3.10. The van der Waals surface area contributed by atoms with E-state index >= 15 is 0 Å². The maximum absolute atomic E-state index is 13.1. The number of fused-ring (bicyclic) bond motifs is 1. The topological polar surface area (TPSA) is 76.5 Å². The van der Waals surface area contributed by atoms with Crippen molar-refractivity contribution in [2.45, 2.75) is 73.4 Å². The van der Waals surface area contributed by atoms with E-state index in [4.69, 9.17) is 0 Å². The molecule has 0 saturated carbocycles. The highest BCUT2D eigenvalue weighted by molar-refractivity contribution is 5.74. The first kappa shape index (κ1) is 27.1. The third-order valence-electron chi connectivity index (χ3n) is 5.02. The van der Waals surface area contributed by atoms with E-state index in [0.29, 0.717) is 35.0 Å². The molecule has 3 heterocycles. The molecule has 1 N–H and O–H groups in total. The van der Waals surface area contributed by atoms with Crippen molar-refractivity contribution < 1.29 is 13.2 Å². The van der Waals surface area contributed by atoms with Crippen LogP contribution in [0.3, 0.4) is 0 Å². The molecule has 0 atom stereocenters. The van der Waals surface area contributed by atoms with E-state index < -0.39 is 11.7 Å². The first-order valence-electron chi connectivity index (χ1n) is 11.5. The summed E-state index contributed by atoms with van der Waals surface area (Å²) in [5.41, 5.74) is 4.17. The molecule has 0 spiro atoms. The SMILES string of the molecule is C/C=C(\CCc1nc(NCCc2ccnc(C)c2)nc2nc(C)c(C)nc12)C(F)(F)F.CCC. The Morgan fingerprint density at radius 2 is 1.68 bits per heavy atom. The molecule has 0 saturated heterocycles. The molecule has 0 amide bonds. The molecular formula is C25H33F3N6. The van der Waals surface area contributed by atoms with E-state index in [0.717, 1.165) is 29.4 Å². The Bertz CT molecular complexity index is 1130. The minimum absolute atomic E-state index is 0.0909. The Morgan fingerprint density at radius 1 is 1.00 bits per heavy atom. The third-order valence-corrected chi connectivity index (χ3v) is 5.02. The van der Waals surface area contributed by atoms with Crippen molar-refractivity contribution in [3.63, 3.8) is 0 Å². The number of alkyl halides is 3. The number of aryl methyl sites for hydroxylation is 4. The quantitative estimate of drug-likeness (QED) is 0.408. The molecule has 0 aliphatic carbocycles. The number of nitrogens with one attached hydrogen (secondary N) is 1. The number of nitrogens with zero attached hydrogens (tertiary/aromatic N) is 5. The van der Waals surface area contributed by atoms with Crippen LogP contribution in [0.1, 0.15) is 62.0 Å². The Kier molecular flexibility index (Phi) is 9.89. The van der Waals surface area contributed by atoms with Crippen molar-refractivity contribution in [1.29, 1.82) is 0 Å². The van der Waals surface area contributed by atoms with Crippen LogP contribution in [0.2, 0.25) is 0 Å². The van der Waals surface area contributed by atoms with Crippen molar-refractivity contribution in [2.24, 2.45) is 0 Å². The van der Waals surface area contributed by atoms with Gasteiger partial charge in [-0.15, -0.1) is 0 Å². The minimum atomic E-state index is -4.36. The van der Waals surface area contributed by atoms with Gasteiger partial charge in [0.15, 0.2) is 5.65 Å². The lowest BCUT2D eigenvalue weighted by atomic mass is 10.1. The predicted molar refractivity (Wildman–Crippen MR) is 130 cm³/mol. The fourth-order valence-electron chi connectivity index (χ4n) is 3.20. The first-order valence-corrected chi connectivity index (χ1v) is 11.5. The van der Waals surface area contributed by atoms with E-state index in [2.05, 4.69) is 44.1 Å². The molecular weight excluding hydrogens is 441 g/mol. The summed E-state index contributed by atoms with van der Waals surface area (Å²) >= 11 is 0. The number of hydrogen-bond donors (Lipinski definition) is 1. The number of anilines is 1. The summed E-state index contributed by atoms with van der Waals surface area (Å²) < 4.78 is 39.4. The maximum atomic E-state index is 13.1. The molecule has 0 fully saturated rings. The van der Waals surface area contributed by atoms with E-state index in [9.17, 15) is 13.2 Å². The molecule has 184 valence electrons. The van der Waals surface area contributed by atoms with Crippen LogP contribution < -0.4 is 5.32 Å². The molecule has 34 heavy (non-hydrogen) atoms. The summed E-state index contributed by atoms with van der Waals surface area (Å²) in [6.45, 7) is 11.8. The normalized spacial score (nSPS) is 11.9. The largest absolute Gasteiger partial charge is 0.412 e. The number of aromatic nitrogens is 5. The molecule has 3 aromatic rings. The number of pyridine rings is 1. The number of hydrogen-bond acceptors (Lipinski definition) is 6. The third kappa shape index (κ3) is 7.74. The molecule has 3 aromatic heterocycles. The van der Waals surface area contributed by atoms with Crippen molar-refractivity contribution in [1.82, 2.24) is 24.9 Å². The van der Waals surface area contributed by atoms with Crippen LogP contribution in [-0.4, -0.2) is 37.6 Å². The van der Waals surface area contributed by atoms with Crippen molar-refractivity contribution in [3.8, 4) is 0 Å². The van der Waals surface area contributed by atoms with Gasteiger partial charge in [0.25, 0.3) is 0 Å². The zero-order valence-electron chi connectivity index (χ0n) is 20.7. The van der Waals surface area contributed by atoms with Gasteiger partial charge in [-0.3, -0.25) is 4.98 Å². The molecule has 0 radical (unpaired) electrons. The fourth-order valence-corrected chi connectivity index (χ4v) is 3.20. The van der Waals surface area contributed by atoms with Gasteiger partial charge >= 0.3 is 6.18 Å². The van der Waals surface area contributed by atoms with Gasteiger partial charge in [-0.2, -0.15) is 18.2 Å². The van der Waals surface area contributed by atoms with E-state index in [1.165, 1.54) is 13.3 Å². The Labute approximate surface area is 199 Å². The van der Waals surface area contributed by atoms with Gasteiger partial charge in [-0.1, -0.05) is 26.3 Å². The lowest BCUT2D eigenvalue weighted by Gasteiger charge is -2.13. The highest BCUT2D eigenvalue weighted by Gasteiger charge is 2.32. The van der Waals surface area contributed by atoms with Crippen molar-refractivity contribution >= 4 is 17.1 Å². The zero-order valence-corrected chi connectivity index (χ0v) is 20.7. The summed E-state index contributed by atoms with van der Waals surface area (Å²) in [6.07, 6.45) is 0.384. The minimum Gasteiger partial charge on any atom is -0.354 e. The van der Waals surface area contributed by atoms with Crippen molar-refractivity contribution in [3.05, 3.63) is 58.3 Å². The molecule has 6 nitrogen and oxygen atoms in total. The highest BCUT2D eigenvalue weighted by atomic mass is 19.4. The standard InChI is InChI=1S/C22H25F3N6.C3H8/c1-5-17(22(23,24)25)6-7-18-19-20(29-15(4)14(3)28-19)31-21(30-18)27-11-9-16-8-10-26-13(2)12-16;1-3-2/h5,8,10,12H,6-7,9,11H2,1-4H3,(H,27,29,30,31);3H2,1-2H3/b17-5+;. The lowest BCUT2D eigenvalue weighted by Crippen LogP contribution is -2.14. The predicted octanol–water partition coefficient (Wildman–Crippen LogP) is 6.25. The lowest BCUT2D eigenvalue weighted by molar-refractivity contribution is -0.0940. The highest BCUT2D eigenvalue weighted by Crippen LogP contribution is 2.29. The van der Waals surface area contributed by atoms with Crippen LogP contribution in [0.25, 0.3) is 11.2 Å². The Balaban J connectivity index is 0.00000129. The van der Waals surface area contributed by atoms with Gasteiger partial charge in [0.1, 0.15) is 5.52 Å². The molecule has 3 rings (SSSR count). The number of halogens is 3. The molecule has 9 heteroatoms. The van der Waals surface area contributed by atoms with Gasteiger partial charge in [0, 0.05) is 24.0 Å². The zero-order chi connectivity index (χ0) is 25.3. The monoisotopic (exact) mass is 474 g/mol. The van der Waals surface area contributed by atoms with Gasteiger partial charge in [0.05, 0.1) is 17.1 Å². The molecule has 0 aliphatic rings. The van der Waals surface area contributed by atoms with Gasteiger partial charge in [0.2, 0.25) is 5.95 Å². The Morgan fingerprint density at radius 3 is 2.29 bits per heavy atom. The van der Waals surface area contributed by atoms with Crippen LogP contribution in [0.5, 0.6) is 0 Å². The smallest absolute Gasteiger partial charge is 0.354 e. The second kappa shape index (κ2) is 12.4. The molecule has 0 bridgehead atoms. The summed E-state index contributed by atoms with van der Waals surface area (Å²) in [6, 6.07) is 3.94. The maximum Gasteiger partial charge on any atom is 0.412 e. The van der Waals surface area contributed by atoms with Crippen LogP contribution in [0.15, 0.2) is 30.0 Å². The van der Waals surface area contributed by atoms with Crippen LogP contribution in [-0.2, 0) is 12.8 Å². The summed E-state index contributed by atoms with van der Waals surface area (Å²) in [7, 11) is 0. The van der Waals surface area contributed by atoms with Gasteiger partial charge < -0.3 is 5.32 Å². The summed E-state index contributed by atoms with van der Waals surface area (Å²) in [5, 5.41) is 3.16. The first-order chi connectivity index (χ1) is 16.1. The second-order valence-corrected chi connectivity index (χ2v) is 8.06. The second-order valence-electron chi connectivity index (χ2n) is 8.06. The van der Waals surface area contributed by atoms with Gasteiger partial charge in [-0.05, 0) is 64.7 Å². The van der Waals surface area contributed by atoms with E-state index in [1.807, 2.05) is 32.9 Å². The van der Waals surface area contributed by atoms with Crippen LogP contribution in [0.4, 0.5) is 19.1 Å². The van der Waals surface area contributed by atoms with Gasteiger partial charge in [-0.25, -0.2) is 15.0 Å².